The lowest BCUT2D eigenvalue weighted by molar-refractivity contribution is -0.170. The van der Waals surface area contributed by atoms with Crippen molar-refractivity contribution in [3.63, 3.8) is 0 Å². The van der Waals surface area contributed by atoms with Gasteiger partial charge in [0.1, 0.15) is 6.10 Å². The molecule has 1 aliphatic rings. The van der Waals surface area contributed by atoms with E-state index in [1.165, 1.54) is 0 Å². The largest absolute Gasteiger partial charge is 0.457 e. The molecule has 0 N–H and O–H groups in total. The van der Waals surface area contributed by atoms with Gasteiger partial charge in [0.15, 0.2) is 0 Å². The molecule has 1 aliphatic heterocycles. The van der Waals surface area contributed by atoms with Gasteiger partial charge in [0.05, 0.1) is 6.42 Å². The Kier molecular flexibility index (Phi) is 1.77. The smallest absolute Gasteiger partial charge is 0.310 e. The van der Waals surface area contributed by atoms with Crippen LogP contribution in [0.1, 0.15) is 18.1 Å². The van der Waals surface area contributed by atoms with Crippen LogP contribution in [0, 0.1) is 0 Å². The molecule has 1 atom stereocenters. The van der Waals surface area contributed by atoms with Crippen molar-refractivity contribution in [2.24, 2.45) is 0 Å². The van der Waals surface area contributed by atoms with E-state index in [0.717, 1.165) is 5.56 Å². The van der Waals surface area contributed by atoms with Gasteiger partial charge in [-0.25, -0.2) is 0 Å². The van der Waals surface area contributed by atoms with Gasteiger partial charge < -0.3 is 4.74 Å². The second kappa shape index (κ2) is 2.79. The van der Waals surface area contributed by atoms with Crippen molar-refractivity contribution in [2.75, 3.05) is 0 Å². The molecule has 1 heterocycles. The molecule has 0 unspecified atom stereocenters. The Morgan fingerprint density at radius 3 is 2.67 bits per heavy atom. The Bertz CT molecular complexity index is 314. The highest BCUT2D eigenvalue weighted by Gasteiger charge is 2.30. The number of halogens is 1. The lowest BCUT2D eigenvalue weighted by atomic mass is 10.0. The molecule has 3 heteroatoms. The number of hydrogen-bond acceptors (Lipinski definition) is 2. The predicted octanol–water partition coefficient (Wildman–Crippen LogP) is 2.33. The number of esters is 1. The molecule has 0 amide bonds. The number of cyclic esters (lactones) is 1. The molecule has 1 saturated heterocycles. The van der Waals surface area contributed by atoms with Crippen molar-refractivity contribution in [3.05, 3.63) is 34.9 Å². The zero-order valence-corrected chi connectivity index (χ0v) is 7.04. The van der Waals surface area contributed by atoms with E-state index in [1.54, 1.807) is 6.07 Å². The number of rotatable bonds is 1. The molecule has 0 bridgehead atoms. The maximum atomic E-state index is 10.5. The molecule has 1 aromatic carbocycles. The molecule has 0 spiro atoms. The summed E-state index contributed by atoms with van der Waals surface area (Å²) in [7, 11) is 0. The quantitative estimate of drug-likeness (QED) is 0.624. The summed E-state index contributed by atoms with van der Waals surface area (Å²) in [6.45, 7) is 0. The molecular formula is C9H7ClO2. The van der Waals surface area contributed by atoms with Gasteiger partial charge in [0.2, 0.25) is 0 Å². The van der Waals surface area contributed by atoms with Gasteiger partial charge in [-0.2, -0.15) is 0 Å². The van der Waals surface area contributed by atoms with E-state index >= 15 is 0 Å². The van der Waals surface area contributed by atoms with Crippen LogP contribution in [0.4, 0.5) is 0 Å². The number of ether oxygens (including phenoxy) is 1. The highest BCUT2D eigenvalue weighted by molar-refractivity contribution is 6.31. The van der Waals surface area contributed by atoms with Crippen LogP contribution in [-0.2, 0) is 9.53 Å². The van der Waals surface area contributed by atoms with Gasteiger partial charge in [-0.05, 0) is 6.07 Å². The van der Waals surface area contributed by atoms with Crippen LogP contribution in [0.3, 0.4) is 0 Å². The summed E-state index contributed by atoms with van der Waals surface area (Å²) in [6.07, 6.45) is 0.329. The number of benzene rings is 1. The summed E-state index contributed by atoms with van der Waals surface area (Å²) in [4.78, 5) is 10.5. The van der Waals surface area contributed by atoms with Gasteiger partial charge in [-0.3, -0.25) is 4.79 Å². The van der Waals surface area contributed by atoms with E-state index in [-0.39, 0.29) is 12.1 Å². The normalized spacial score (nSPS) is 21.4. The van der Waals surface area contributed by atoms with Crippen LogP contribution in [0.15, 0.2) is 24.3 Å². The molecule has 0 aromatic heterocycles. The second-order valence-corrected chi connectivity index (χ2v) is 3.11. The molecule has 2 rings (SSSR count). The predicted molar refractivity (Wildman–Crippen MR) is 44.9 cm³/mol. The maximum absolute atomic E-state index is 10.5. The van der Waals surface area contributed by atoms with Crippen LogP contribution in [0.25, 0.3) is 0 Å². The minimum atomic E-state index is -0.153. The van der Waals surface area contributed by atoms with Gasteiger partial charge >= 0.3 is 5.97 Å². The average Bonchev–Trinajstić information content (AvgIpc) is 2.01. The van der Waals surface area contributed by atoms with E-state index in [4.69, 9.17) is 16.3 Å². The molecule has 2 nitrogen and oxygen atoms in total. The summed E-state index contributed by atoms with van der Waals surface area (Å²) >= 11 is 5.89. The standard InChI is InChI=1S/C9H7ClO2/c10-7-4-2-1-3-6(7)8-5-9(11)12-8/h1-4,8H,5H2/t8-/m0/s1. The first-order valence-electron chi connectivity index (χ1n) is 3.71. The molecule has 0 saturated carbocycles. The number of hydrogen-bond donors (Lipinski definition) is 0. The summed E-state index contributed by atoms with van der Waals surface area (Å²) in [5, 5.41) is 0.662. The lowest BCUT2D eigenvalue weighted by Gasteiger charge is -2.26. The molecule has 62 valence electrons. The Hall–Kier alpha value is -1.02. The third-order valence-electron chi connectivity index (χ3n) is 1.88. The van der Waals surface area contributed by atoms with Crippen LogP contribution in [0.5, 0.6) is 0 Å². The summed E-state index contributed by atoms with van der Waals surface area (Å²) in [6, 6.07) is 7.40. The molecular weight excluding hydrogens is 176 g/mol. The summed E-state index contributed by atoms with van der Waals surface area (Å²) in [5.41, 5.74) is 0.902. The van der Waals surface area contributed by atoms with Crippen LogP contribution in [-0.4, -0.2) is 5.97 Å². The first-order valence-corrected chi connectivity index (χ1v) is 4.09. The molecule has 1 fully saturated rings. The Balaban J connectivity index is 2.23. The fourth-order valence-corrected chi connectivity index (χ4v) is 1.47. The van der Waals surface area contributed by atoms with Gasteiger partial charge in [-0.1, -0.05) is 29.8 Å². The second-order valence-electron chi connectivity index (χ2n) is 2.70. The molecule has 0 radical (unpaired) electrons. The fraction of sp³-hybridized carbons (Fsp3) is 0.222. The summed E-state index contributed by atoms with van der Waals surface area (Å²) < 4.78 is 4.88. The SMILES string of the molecule is O=C1C[C@@H](c2ccccc2Cl)O1. The Morgan fingerprint density at radius 1 is 1.42 bits per heavy atom. The molecule has 12 heavy (non-hydrogen) atoms. The van der Waals surface area contributed by atoms with Gasteiger partial charge in [0.25, 0.3) is 0 Å². The van der Waals surface area contributed by atoms with Gasteiger partial charge in [0, 0.05) is 10.6 Å². The zero-order chi connectivity index (χ0) is 8.55. The zero-order valence-electron chi connectivity index (χ0n) is 6.29. The summed E-state index contributed by atoms with van der Waals surface area (Å²) in [5.74, 6) is -0.153. The average molecular weight is 183 g/mol. The minimum Gasteiger partial charge on any atom is -0.457 e. The highest BCUT2D eigenvalue weighted by Crippen LogP contribution is 2.34. The van der Waals surface area contributed by atoms with Gasteiger partial charge in [-0.15, -0.1) is 0 Å². The Morgan fingerprint density at radius 2 is 2.08 bits per heavy atom. The number of carbonyl (C=O) groups is 1. The van der Waals surface area contributed by atoms with Crippen molar-refractivity contribution in [1.29, 1.82) is 0 Å². The van der Waals surface area contributed by atoms with Crippen molar-refractivity contribution in [3.8, 4) is 0 Å². The maximum Gasteiger partial charge on any atom is 0.310 e. The van der Waals surface area contributed by atoms with Crippen LogP contribution in [0.2, 0.25) is 5.02 Å². The first-order chi connectivity index (χ1) is 5.77. The Labute approximate surface area is 75.1 Å². The van der Waals surface area contributed by atoms with Crippen molar-refractivity contribution >= 4 is 17.6 Å². The highest BCUT2D eigenvalue weighted by atomic mass is 35.5. The monoisotopic (exact) mass is 182 g/mol. The topological polar surface area (TPSA) is 26.3 Å². The minimum absolute atomic E-state index is 0.119. The van der Waals surface area contributed by atoms with Crippen molar-refractivity contribution in [1.82, 2.24) is 0 Å². The first kappa shape index (κ1) is 7.62. The fourth-order valence-electron chi connectivity index (χ4n) is 1.21. The van der Waals surface area contributed by atoms with E-state index in [9.17, 15) is 4.79 Å². The third-order valence-corrected chi connectivity index (χ3v) is 2.22. The van der Waals surface area contributed by atoms with Crippen LogP contribution >= 0.6 is 11.6 Å². The lowest BCUT2D eigenvalue weighted by Crippen LogP contribution is -2.25. The third kappa shape index (κ3) is 1.18. The van der Waals surface area contributed by atoms with E-state index in [0.29, 0.717) is 11.4 Å². The molecule has 0 aliphatic carbocycles. The number of carbonyl (C=O) groups excluding carboxylic acids is 1. The van der Waals surface area contributed by atoms with Crippen molar-refractivity contribution in [2.45, 2.75) is 12.5 Å². The molecule has 1 aromatic rings. The van der Waals surface area contributed by atoms with Crippen molar-refractivity contribution < 1.29 is 9.53 Å². The van der Waals surface area contributed by atoms with Crippen LogP contribution < -0.4 is 0 Å². The van der Waals surface area contributed by atoms with E-state index in [1.807, 2.05) is 18.2 Å². The van der Waals surface area contributed by atoms with E-state index in [2.05, 4.69) is 0 Å². The van der Waals surface area contributed by atoms with E-state index < -0.39 is 0 Å².